The second-order valence-electron chi connectivity index (χ2n) is 6.76. The molecule has 0 spiro atoms. The number of aryl methyl sites for hydroxylation is 1. The van der Waals surface area contributed by atoms with Gasteiger partial charge < -0.3 is 10.2 Å². The van der Waals surface area contributed by atoms with E-state index in [0.717, 1.165) is 39.9 Å². The van der Waals surface area contributed by atoms with Gasteiger partial charge in [0.1, 0.15) is 18.2 Å². The van der Waals surface area contributed by atoms with Crippen molar-refractivity contribution in [2.75, 3.05) is 5.43 Å². The van der Waals surface area contributed by atoms with Crippen LogP contribution in [-0.2, 0) is 19.6 Å². The molecule has 0 bridgehead atoms. The summed E-state index contributed by atoms with van der Waals surface area (Å²) in [7, 11) is 0. The number of fused-ring (bicyclic) bond motifs is 1. The van der Waals surface area contributed by atoms with E-state index in [0.29, 0.717) is 16.3 Å². The molecule has 30 heavy (non-hydrogen) atoms. The zero-order valence-corrected chi connectivity index (χ0v) is 17.9. The molecule has 4 rings (SSSR count). The molecule has 1 aromatic heterocycles. The van der Waals surface area contributed by atoms with Crippen LogP contribution in [0.2, 0.25) is 5.02 Å². The quantitative estimate of drug-likeness (QED) is 0.357. The zero-order valence-electron chi connectivity index (χ0n) is 16.3. The maximum absolute atomic E-state index is 13.3. The van der Waals surface area contributed by atoms with Crippen LogP contribution in [0, 0.1) is 10.6 Å². The minimum absolute atomic E-state index is 0.232. The van der Waals surface area contributed by atoms with Gasteiger partial charge in [0.25, 0.3) is 0 Å². The van der Waals surface area contributed by atoms with E-state index in [1.165, 1.54) is 12.1 Å². The largest absolute Gasteiger partial charge is 0.488 e. The molecule has 154 valence electrons. The molecule has 0 aliphatic rings. The summed E-state index contributed by atoms with van der Waals surface area (Å²) >= 11 is 11.5. The predicted molar refractivity (Wildman–Crippen MR) is 120 cm³/mol. The summed E-state index contributed by atoms with van der Waals surface area (Å²) in [6.07, 6.45) is 0.738. The van der Waals surface area contributed by atoms with Gasteiger partial charge in [-0.1, -0.05) is 54.9 Å². The summed E-state index contributed by atoms with van der Waals surface area (Å²) in [5.41, 5.74) is 5.04. The first-order chi connectivity index (χ1) is 14.6. The van der Waals surface area contributed by atoms with Gasteiger partial charge in [0.2, 0.25) is 4.77 Å². The van der Waals surface area contributed by atoms with Crippen LogP contribution >= 0.6 is 23.8 Å². The van der Waals surface area contributed by atoms with Gasteiger partial charge in [-0.05, 0) is 41.2 Å². The fourth-order valence-corrected chi connectivity index (χ4v) is 3.75. The first kappa shape index (κ1) is 20.4. The Morgan fingerprint density at radius 2 is 2.03 bits per heavy atom. The third-order valence-corrected chi connectivity index (χ3v) is 5.49. The van der Waals surface area contributed by atoms with E-state index < -0.39 is 0 Å². The molecule has 5 nitrogen and oxygen atoms in total. The van der Waals surface area contributed by atoms with Gasteiger partial charge in [0.05, 0.1) is 11.6 Å². The molecule has 0 fully saturated rings. The zero-order chi connectivity index (χ0) is 21.1. The van der Waals surface area contributed by atoms with Gasteiger partial charge in [-0.15, -0.1) is 0 Å². The Morgan fingerprint density at radius 1 is 1.20 bits per heavy atom. The molecule has 8 heteroatoms. The number of benzene rings is 3. The molecule has 0 unspecified atom stereocenters. The van der Waals surface area contributed by atoms with E-state index in [4.69, 9.17) is 28.6 Å². The van der Waals surface area contributed by atoms with E-state index in [-0.39, 0.29) is 12.4 Å². The maximum Gasteiger partial charge on any atom is 0.214 e. The summed E-state index contributed by atoms with van der Waals surface area (Å²) in [6, 6.07) is 16.4. The molecule has 0 amide bonds. The van der Waals surface area contributed by atoms with Crippen molar-refractivity contribution >= 4 is 34.6 Å². The Balaban J connectivity index is 1.65. The molecule has 0 saturated carbocycles. The van der Waals surface area contributed by atoms with Crippen molar-refractivity contribution in [2.24, 2.45) is 0 Å². The van der Waals surface area contributed by atoms with Crippen LogP contribution < -0.4 is 10.2 Å². The number of nitrogens with zero attached hydrogens (tertiary/aromatic N) is 2. The summed E-state index contributed by atoms with van der Waals surface area (Å²) in [6.45, 7) is 2.73. The molecule has 4 aromatic rings. The fourth-order valence-electron chi connectivity index (χ4n) is 3.32. The molecule has 0 saturated heterocycles. The number of aromatic nitrogens is 3. The standard InChI is InChI=1S/C22H20ClFN4OS/c1-2-21-26-27-22(30)28(21)25-12-18-17-6-4-3-5-14(17)8-10-20(18)29-13-15-7-9-16(24)11-19(15)23/h3-11,25H,2,12-13H2,1H3,(H,27,30). The first-order valence-corrected chi connectivity index (χ1v) is 10.3. The lowest BCUT2D eigenvalue weighted by atomic mass is 10.0. The lowest BCUT2D eigenvalue weighted by molar-refractivity contribution is 0.303. The second-order valence-corrected chi connectivity index (χ2v) is 7.55. The Bertz CT molecular complexity index is 1250. The summed E-state index contributed by atoms with van der Waals surface area (Å²) in [5.74, 6) is 1.17. The monoisotopic (exact) mass is 442 g/mol. The van der Waals surface area contributed by atoms with E-state index in [1.807, 2.05) is 31.2 Å². The normalized spacial score (nSPS) is 11.0. The van der Waals surface area contributed by atoms with E-state index in [1.54, 1.807) is 10.7 Å². The number of rotatable bonds is 7. The summed E-state index contributed by atoms with van der Waals surface area (Å²) in [4.78, 5) is 0. The Morgan fingerprint density at radius 3 is 2.83 bits per heavy atom. The maximum atomic E-state index is 13.3. The van der Waals surface area contributed by atoms with Crippen LogP contribution in [0.3, 0.4) is 0 Å². The van der Waals surface area contributed by atoms with Gasteiger partial charge in [-0.25, -0.2) is 9.07 Å². The van der Waals surface area contributed by atoms with Crippen LogP contribution in [0.1, 0.15) is 23.9 Å². The Hall–Kier alpha value is -2.90. The number of H-pyrrole nitrogens is 1. The summed E-state index contributed by atoms with van der Waals surface area (Å²) in [5, 5.41) is 9.56. The van der Waals surface area contributed by atoms with Crippen molar-refractivity contribution in [3.8, 4) is 5.75 Å². The topological polar surface area (TPSA) is 54.9 Å². The summed E-state index contributed by atoms with van der Waals surface area (Å²) < 4.78 is 21.7. The van der Waals surface area contributed by atoms with Crippen molar-refractivity contribution in [1.29, 1.82) is 0 Å². The number of halogens is 2. The first-order valence-electron chi connectivity index (χ1n) is 9.54. The third-order valence-electron chi connectivity index (χ3n) is 4.87. The average molecular weight is 443 g/mol. The smallest absolute Gasteiger partial charge is 0.214 e. The molecule has 0 radical (unpaired) electrons. The van der Waals surface area contributed by atoms with Crippen molar-refractivity contribution in [3.05, 3.63) is 87.2 Å². The lowest BCUT2D eigenvalue weighted by Gasteiger charge is -2.17. The van der Waals surface area contributed by atoms with Crippen LogP contribution in [0.4, 0.5) is 4.39 Å². The highest BCUT2D eigenvalue weighted by atomic mass is 35.5. The van der Waals surface area contributed by atoms with Crippen molar-refractivity contribution < 1.29 is 9.13 Å². The van der Waals surface area contributed by atoms with Crippen molar-refractivity contribution in [3.63, 3.8) is 0 Å². The van der Waals surface area contributed by atoms with Gasteiger partial charge in [0, 0.05) is 17.5 Å². The Labute approximate surface area is 183 Å². The highest BCUT2D eigenvalue weighted by Crippen LogP contribution is 2.30. The molecule has 0 aliphatic carbocycles. The minimum Gasteiger partial charge on any atom is -0.488 e. The highest BCUT2D eigenvalue weighted by molar-refractivity contribution is 7.71. The van der Waals surface area contributed by atoms with Crippen LogP contribution in [0.25, 0.3) is 10.8 Å². The van der Waals surface area contributed by atoms with E-state index in [9.17, 15) is 4.39 Å². The molecule has 0 aliphatic heterocycles. The van der Waals surface area contributed by atoms with E-state index >= 15 is 0 Å². The molecule has 2 N–H and O–H groups in total. The highest BCUT2D eigenvalue weighted by Gasteiger charge is 2.12. The van der Waals surface area contributed by atoms with Gasteiger partial charge >= 0.3 is 0 Å². The van der Waals surface area contributed by atoms with Crippen molar-refractivity contribution in [1.82, 2.24) is 14.9 Å². The van der Waals surface area contributed by atoms with Crippen LogP contribution in [0.15, 0.2) is 54.6 Å². The van der Waals surface area contributed by atoms with Gasteiger partial charge in [-0.2, -0.15) is 5.10 Å². The average Bonchev–Trinajstić information content (AvgIpc) is 3.11. The molecule has 0 atom stereocenters. The number of hydrogen-bond donors (Lipinski definition) is 2. The Kier molecular flexibility index (Phi) is 6.01. The minimum atomic E-state index is -0.372. The number of nitrogens with one attached hydrogen (secondary N) is 2. The molecular weight excluding hydrogens is 423 g/mol. The number of ether oxygens (including phenoxy) is 1. The van der Waals surface area contributed by atoms with Gasteiger partial charge in [0.15, 0.2) is 5.82 Å². The molecule has 1 heterocycles. The van der Waals surface area contributed by atoms with Crippen LogP contribution in [-0.4, -0.2) is 14.9 Å². The SMILES string of the molecule is CCc1n[nH]c(=S)n1NCc1c(OCc2ccc(F)cc2Cl)ccc2ccccc12. The third kappa shape index (κ3) is 4.17. The predicted octanol–water partition coefficient (Wildman–Crippen LogP) is 5.77. The van der Waals surface area contributed by atoms with Crippen LogP contribution in [0.5, 0.6) is 5.75 Å². The molecular formula is C22H20ClFN4OS. The van der Waals surface area contributed by atoms with Gasteiger partial charge in [-0.3, -0.25) is 5.10 Å². The number of aromatic amines is 1. The second kappa shape index (κ2) is 8.85. The fraction of sp³-hybridized carbons (Fsp3) is 0.182. The number of hydrogen-bond acceptors (Lipinski definition) is 4. The lowest BCUT2D eigenvalue weighted by Crippen LogP contribution is -2.18. The van der Waals surface area contributed by atoms with Crippen molar-refractivity contribution in [2.45, 2.75) is 26.5 Å². The molecule has 3 aromatic carbocycles. The van der Waals surface area contributed by atoms with E-state index in [2.05, 4.69) is 27.8 Å².